The van der Waals surface area contributed by atoms with E-state index in [2.05, 4.69) is 15.3 Å². The third kappa shape index (κ3) is 2.93. The van der Waals surface area contributed by atoms with Gasteiger partial charge in [0.1, 0.15) is 22.3 Å². The molecule has 0 aliphatic rings. The summed E-state index contributed by atoms with van der Waals surface area (Å²) >= 11 is 1.46. The molecule has 0 saturated heterocycles. The molecule has 0 fully saturated rings. The average molecular weight is 331 g/mol. The van der Waals surface area contributed by atoms with Crippen LogP contribution in [0.25, 0.3) is 10.3 Å². The first-order chi connectivity index (χ1) is 11.1. The van der Waals surface area contributed by atoms with Crippen molar-refractivity contribution in [2.45, 2.75) is 13.0 Å². The molecule has 2 heterocycles. The molecule has 7 heteroatoms. The number of hydrogen-bond donors (Lipinski definition) is 1. The molecule has 1 atom stereocenters. The van der Waals surface area contributed by atoms with Gasteiger partial charge in [0.15, 0.2) is 0 Å². The Labute approximate surface area is 136 Å². The Morgan fingerprint density at radius 1 is 1.35 bits per heavy atom. The number of hydrogen-bond acceptors (Lipinski definition) is 5. The SMILES string of the molecule is COC(c1ccc(F)cc1)c1c(NC=O)cnc2sc(C)nc12. The molecule has 118 valence electrons. The lowest BCUT2D eigenvalue weighted by molar-refractivity contribution is -0.105. The predicted molar refractivity (Wildman–Crippen MR) is 87.1 cm³/mol. The van der Waals surface area contributed by atoms with E-state index in [0.717, 1.165) is 15.4 Å². The minimum absolute atomic E-state index is 0.320. The molecule has 23 heavy (non-hydrogen) atoms. The van der Waals surface area contributed by atoms with Crippen LogP contribution in [0, 0.1) is 12.7 Å². The molecule has 0 radical (unpaired) electrons. The molecule has 3 aromatic rings. The van der Waals surface area contributed by atoms with Crippen LogP contribution < -0.4 is 5.32 Å². The number of ether oxygens (including phenoxy) is 1. The first kappa shape index (κ1) is 15.5. The molecule has 0 aliphatic carbocycles. The summed E-state index contributed by atoms with van der Waals surface area (Å²) in [5.41, 5.74) is 2.67. The van der Waals surface area contributed by atoms with Gasteiger partial charge in [-0.25, -0.2) is 14.4 Å². The van der Waals surface area contributed by atoms with Crippen LogP contribution in [-0.2, 0) is 9.53 Å². The fraction of sp³-hybridized carbons (Fsp3) is 0.188. The average Bonchev–Trinajstić information content (AvgIpc) is 2.92. The molecule has 1 unspecified atom stereocenters. The number of carbonyl (C=O) groups excluding carboxylic acids is 1. The number of thiazole rings is 1. The highest BCUT2D eigenvalue weighted by atomic mass is 32.1. The van der Waals surface area contributed by atoms with Crippen molar-refractivity contribution in [1.29, 1.82) is 0 Å². The molecule has 2 aromatic heterocycles. The van der Waals surface area contributed by atoms with Crippen LogP contribution in [-0.4, -0.2) is 23.5 Å². The number of aromatic nitrogens is 2. The molecular formula is C16H14FN3O2S. The highest BCUT2D eigenvalue weighted by Crippen LogP contribution is 2.37. The molecular weight excluding hydrogens is 317 g/mol. The number of pyridine rings is 1. The van der Waals surface area contributed by atoms with Crippen molar-refractivity contribution in [2.75, 3.05) is 12.4 Å². The molecule has 1 amide bonds. The third-order valence-electron chi connectivity index (χ3n) is 3.46. The number of nitrogens with zero attached hydrogens (tertiary/aromatic N) is 2. The maximum Gasteiger partial charge on any atom is 0.211 e. The molecule has 1 aromatic carbocycles. The second-order valence-corrected chi connectivity index (χ2v) is 6.08. The quantitative estimate of drug-likeness (QED) is 0.727. The van der Waals surface area contributed by atoms with Crippen LogP contribution in [0.5, 0.6) is 0 Å². The van der Waals surface area contributed by atoms with Crippen LogP contribution in [0.15, 0.2) is 30.5 Å². The Morgan fingerprint density at radius 3 is 2.74 bits per heavy atom. The van der Waals surface area contributed by atoms with Crippen LogP contribution in [0.3, 0.4) is 0 Å². The first-order valence-corrected chi connectivity index (χ1v) is 7.70. The van der Waals surface area contributed by atoms with Gasteiger partial charge in [-0.1, -0.05) is 23.5 Å². The summed E-state index contributed by atoms with van der Waals surface area (Å²) in [7, 11) is 1.56. The summed E-state index contributed by atoms with van der Waals surface area (Å²) in [5, 5.41) is 3.51. The van der Waals surface area contributed by atoms with Gasteiger partial charge < -0.3 is 10.1 Å². The van der Waals surface area contributed by atoms with Gasteiger partial charge in [0, 0.05) is 12.7 Å². The lowest BCUT2D eigenvalue weighted by Gasteiger charge is -2.19. The second-order valence-electron chi connectivity index (χ2n) is 4.90. The number of benzene rings is 1. The van der Waals surface area contributed by atoms with Gasteiger partial charge in [-0.05, 0) is 24.6 Å². The van der Waals surface area contributed by atoms with Crippen LogP contribution in [0.1, 0.15) is 22.2 Å². The van der Waals surface area contributed by atoms with Crippen LogP contribution in [0.2, 0.25) is 0 Å². The lowest BCUT2D eigenvalue weighted by Crippen LogP contribution is -2.09. The topological polar surface area (TPSA) is 64.1 Å². The first-order valence-electron chi connectivity index (χ1n) is 6.88. The van der Waals surface area contributed by atoms with Crippen molar-refractivity contribution in [2.24, 2.45) is 0 Å². The number of rotatable bonds is 5. The Bertz CT molecular complexity index is 848. The predicted octanol–water partition coefficient (Wildman–Crippen LogP) is 3.44. The monoisotopic (exact) mass is 331 g/mol. The van der Waals surface area contributed by atoms with E-state index in [1.807, 2.05) is 6.92 Å². The standard InChI is InChI=1S/C16H14FN3O2S/c1-9-20-14-13(12(19-8-21)7-18-16(14)23-9)15(22-2)10-3-5-11(17)6-4-10/h3-8,15H,1-2H3,(H,19,21). The van der Waals surface area contributed by atoms with E-state index in [1.165, 1.54) is 23.5 Å². The summed E-state index contributed by atoms with van der Waals surface area (Å²) in [5.74, 6) is -0.320. The summed E-state index contributed by atoms with van der Waals surface area (Å²) in [6.07, 6.45) is 1.67. The smallest absolute Gasteiger partial charge is 0.211 e. The second kappa shape index (κ2) is 6.39. The van der Waals surface area contributed by atoms with Crippen molar-refractivity contribution >= 4 is 33.8 Å². The van der Waals surface area contributed by atoms with E-state index in [0.29, 0.717) is 23.2 Å². The van der Waals surface area contributed by atoms with Gasteiger partial charge in [-0.15, -0.1) is 0 Å². The minimum atomic E-state index is -0.495. The van der Waals surface area contributed by atoms with E-state index < -0.39 is 6.10 Å². The van der Waals surface area contributed by atoms with Crippen molar-refractivity contribution in [3.05, 3.63) is 52.4 Å². The highest BCUT2D eigenvalue weighted by Gasteiger charge is 2.23. The van der Waals surface area contributed by atoms with Crippen molar-refractivity contribution in [1.82, 2.24) is 9.97 Å². The van der Waals surface area contributed by atoms with Gasteiger partial charge in [0.25, 0.3) is 0 Å². The molecule has 0 bridgehead atoms. The number of carbonyl (C=O) groups is 1. The number of anilines is 1. The molecule has 1 N–H and O–H groups in total. The van der Waals surface area contributed by atoms with Gasteiger partial charge >= 0.3 is 0 Å². The van der Waals surface area contributed by atoms with Gasteiger partial charge in [0.2, 0.25) is 6.41 Å². The van der Waals surface area contributed by atoms with E-state index in [1.54, 1.807) is 25.4 Å². The summed E-state index contributed by atoms with van der Waals surface area (Å²) < 4.78 is 18.8. The zero-order chi connectivity index (χ0) is 16.4. The van der Waals surface area contributed by atoms with Gasteiger partial charge in [-0.2, -0.15) is 0 Å². The maximum absolute atomic E-state index is 13.2. The molecule has 0 spiro atoms. The largest absolute Gasteiger partial charge is 0.372 e. The Kier molecular flexibility index (Phi) is 4.31. The zero-order valence-corrected chi connectivity index (χ0v) is 13.4. The maximum atomic E-state index is 13.2. The Morgan fingerprint density at radius 2 is 2.09 bits per heavy atom. The number of fused-ring (bicyclic) bond motifs is 1. The summed E-state index contributed by atoms with van der Waals surface area (Å²) in [6.45, 7) is 1.89. The summed E-state index contributed by atoms with van der Waals surface area (Å²) in [6, 6.07) is 6.05. The van der Waals surface area contributed by atoms with Crippen LogP contribution in [0.4, 0.5) is 10.1 Å². The number of nitrogens with one attached hydrogen (secondary N) is 1. The van der Waals surface area contributed by atoms with Crippen molar-refractivity contribution in [3.8, 4) is 0 Å². The van der Waals surface area contributed by atoms with E-state index in [4.69, 9.17) is 4.74 Å². The van der Waals surface area contributed by atoms with E-state index in [-0.39, 0.29) is 5.82 Å². The highest BCUT2D eigenvalue weighted by molar-refractivity contribution is 7.18. The van der Waals surface area contributed by atoms with Crippen molar-refractivity contribution in [3.63, 3.8) is 0 Å². The Balaban J connectivity index is 2.23. The molecule has 0 aliphatic heterocycles. The molecule has 0 saturated carbocycles. The zero-order valence-electron chi connectivity index (χ0n) is 12.5. The lowest BCUT2D eigenvalue weighted by atomic mass is 10.00. The minimum Gasteiger partial charge on any atom is -0.372 e. The van der Waals surface area contributed by atoms with E-state index in [9.17, 15) is 9.18 Å². The molecule has 3 rings (SSSR count). The van der Waals surface area contributed by atoms with Crippen LogP contribution >= 0.6 is 11.3 Å². The van der Waals surface area contributed by atoms with Gasteiger partial charge in [0.05, 0.1) is 16.9 Å². The number of amides is 1. The normalized spacial score (nSPS) is 12.3. The fourth-order valence-electron chi connectivity index (χ4n) is 2.50. The van der Waals surface area contributed by atoms with Crippen molar-refractivity contribution < 1.29 is 13.9 Å². The number of methoxy groups -OCH3 is 1. The third-order valence-corrected chi connectivity index (χ3v) is 4.34. The Hall–Kier alpha value is -2.38. The van der Waals surface area contributed by atoms with E-state index >= 15 is 0 Å². The number of halogens is 1. The fourth-order valence-corrected chi connectivity index (χ4v) is 3.28. The number of aryl methyl sites for hydroxylation is 1. The molecule has 5 nitrogen and oxygen atoms in total. The van der Waals surface area contributed by atoms with Gasteiger partial charge in [-0.3, -0.25) is 4.79 Å². The summed E-state index contributed by atoms with van der Waals surface area (Å²) in [4.78, 5) is 20.5.